The quantitative estimate of drug-likeness (QED) is 0.534. The van der Waals surface area contributed by atoms with Crippen LogP contribution in [0.3, 0.4) is 0 Å². The fourth-order valence-corrected chi connectivity index (χ4v) is 3.84. The van der Waals surface area contributed by atoms with Gasteiger partial charge in [-0.1, -0.05) is 31.0 Å². The zero-order valence-corrected chi connectivity index (χ0v) is 18.3. The monoisotopic (exact) mass is 449 g/mol. The van der Waals surface area contributed by atoms with Crippen molar-refractivity contribution in [2.45, 2.75) is 44.6 Å². The van der Waals surface area contributed by atoms with Gasteiger partial charge in [0.1, 0.15) is 0 Å². The number of carbonyl (C=O) groups is 4. The van der Waals surface area contributed by atoms with Crippen molar-refractivity contribution >= 4 is 35.1 Å². The summed E-state index contributed by atoms with van der Waals surface area (Å²) in [6.07, 6.45) is 5.89. The molecule has 0 atom stereocenters. The van der Waals surface area contributed by atoms with E-state index in [1.807, 2.05) is 0 Å². The van der Waals surface area contributed by atoms with E-state index in [4.69, 9.17) is 4.74 Å². The Labute approximate surface area is 192 Å². The molecule has 33 heavy (non-hydrogen) atoms. The van der Waals surface area contributed by atoms with Crippen LogP contribution in [0.2, 0.25) is 0 Å². The molecule has 2 saturated carbocycles. The summed E-state index contributed by atoms with van der Waals surface area (Å²) in [7, 11) is 0. The first-order valence-electron chi connectivity index (χ1n) is 11.3. The number of hydrogen-bond acceptors (Lipinski definition) is 5. The third kappa shape index (κ3) is 6.19. The molecule has 4 rings (SSSR count). The third-order valence-corrected chi connectivity index (χ3v) is 5.78. The standard InChI is InChI=1S/C25H27N3O5/c29-22(28-21-11-4-3-10-20(21)24(31)26-18-7-1-2-8-18)15-33-25(32)17-6-5-9-19(14-17)27-23(30)16-12-13-16/h3-6,9-11,14,16,18H,1-2,7-8,12-13,15H2,(H,26,31)(H,27,30)(H,28,29). The average Bonchev–Trinajstić information content (AvgIpc) is 3.55. The molecule has 0 bridgehead atoms. The van der Waals surface area contributed by atoms with Crippen LogP contribution in [0.1, 0.15) is 59.2 Å². The predicted molar refractivity (Wildman–Crippen MR) is 123 cm³/mol. The Morgan fingerprint density at radius 1 is 0.879 bits per heavy atom. The lowest BCUT2D eigenvalue weighted by atomic mass is 10.1. The van der Waals surface area contributed by atoms with Crippen LogP contribution in [0.4, 0.5) is 11.4 Å². The van der Waals surface area contributed by atoms with Crippen molar-refractivity contribution in [3.05, 3.63) is 59.7 Å². The molecule has 8 heteroatoms. The van der Waals surface area contributed by atoms with E-state index in [0.29, 0.717) is 16.9 Å². The second-order valence-electron chi connectivity index (χ2n) is 8.47. The molecule has 0 spiro atoms. The Kier molecular flexibility index (Phi) is 7.02. The lowest BCUT2D eigenvalue weighted by Crippen LogP contribution is -2.33. The fraction of sp³-hybridized carbons (Fsp3) is 0.360. The molecule has 172 valence electrons. The van der Waals surface area contributed by atoms with Gasteiger partial charge < -0.3 is 20.7 Å². The summed E-state index contributed by atoms with van der Waals surface area (Å²) in [5.74, 6) is -1.48. The normalized spacial score (nSPS) is 15.5. The highest BCUT2D eigenvalue weighted by Gasteiger charge is 2.29. The third-order valence-electron chi connectivity index (χ3n) is 5.78. The summed E-state index contributed by atoms with van der Waals surface area (Å²) in [5, 5.41) is 8.43. The second-order valence-corrected chi connectivity index (χ2v) is 8.47. The van der Waals surface area contributed by atoms with Gasteiger partial charge in [0.2, 0.25) is 5.91 Å². The number of benzene rings is 2. The van der Waals surface area contributed by atoms with Crippen LogP contribution in [0, 0.1) is 5.92 Å². The molecule has 0 aromatic heterocycles. The van der Waals surface area contributed by atoms with E-state index in [0.717, 1.165) is 38.5 Å². The van der Waals surface area contributed by atoms with E-state index in [9.17, 15) is 19.2 Å². The Bertz CT molecular complexity index is 1060. The molecule has 0 unspecified atom stereocenters. The minimum Gasteiger partial charge on any atom is -0.452 e. The fourth-order valence-electron chi connectivity index (χ4n) is 3.84. The molecule has 3 amide bonds. The highest BCUT2D eigenvalue weighted by atomic mass is 16.5. The van der Waals surface area contributed by atoms with Crippen molar-refractivity contribution in [1.82, 2.24) is 5.32 Å². The van der Waals surface area contributed by atoms with Crippen molar-refractivity contribution in [2.75, 3.05) is 17.2 Å². The first-order chi connectivity index (χ1) is 16.0. The maximum Gasteiger partial charge on any atom is 0.338 e. The second kappa shape index (κ2) is 10.3. The van der Waals surface area contributed by atoms with Gasteiger partial charge in [0.25, 0.3) is 11.8 Å². The van der Waals surface area contributed by atoms with Crippen molar-refractivity contribution in [3.63, 3.8) is 0 Å². The summed E-state index contributed by atoms with van der Waals surface area (Å²) in [5.41, 5.74) is 1.46. The maximum atomic E-state index is 12.6. The summed E-state index contributed by atoms with van der Waals surface area (Å²) in [6.45, 7) is -0.504. The van der Waals surface area contributed by atoms with Gasteiger partial charge in [-0.05, 0) is 56.0 Å². The van der Waals surface area contributed by atoms with Gasteiger partial charge in [0.05, 0.1) is 16.8 Å². The van der Waals surface area contributed by atoms with Gasteiger partial charge in [0, 0.05) is 17.6 Å². The lowest BCUT2D eigenvalue weighted by molar-refractivity contribution is -0.119. The summed E-state index contributed by atoms with van der Waals surface area (Å²) in [4.78, 5) is 49.3. The Morgan fingerprint density at radius 3 is 2.39 bits per heavy atom. The van der Waals surface area contributed by atoms with Gasteiger partial charge in [-0.3, -0.25) is 14.4 Å². The number of esters is 1. The van der Waals surface area contributed by atoms with E-state index >= 15 is 0 Å². The van der Waals surface area contributed by atoms with Crippen LogP contribution >= 0.6 is 0 Å². The molecule has 0 radical (unpaired) electrons. The molecular weight excluding hydrogens is 422 g/mol. The molecule has 2 aliphatic carbocycles. The van der Waals surface area contributed by atoms with Crippen LogP contribution in [-0.2, 0) is 14.3 Å². The maximum absolute atomic E-state index is 12.6. The Hall–Kier alpha value is -3.68. The van der Waals surface area contributed by atoms with E-state index in [1.165, 1.54) is 6.07 Å². The molecule has 0 heterocycles. The summed E-state index contributed by atoms with van der Waals surface area (Å²) in [6, 6.07) is 13.3. The topological polar surface area (TPSA) is 114 Å². The van der Waals surface area contributed by atoms with E-state index in [-0.39, 0.29) is 29.3 Å². The van der Waals surface area contributed by atoms with Crippen molar-refractivity contribution < 1.29 is 23.9 Å². The minimum atomic E-state index is -0.681. The zero-order chi connectivity index (χ0) is 23.2. The molecule has 0 aliphatic heterocycles. The Morgan fingerprint density at radius 2 is 1.64 bits per heavy atom. The number of ether oxygens (including phenoxy) is 1. The average molecular weight is 450 g/mol. The number of amides is 3. The molecule has 2 aromatic carbocycles. The smallest absolute Gasteiger partial charge is 0.338 e. The van der Waals surface area contributed by atoms with Crippen LogP contribution < -0.4 is 16.0 Å². The number of rotatable bonds is 8. The highest BCUT2D eigenvalue weighted by Crippen LogP contribution is 2.30. The molecule has 2 aromatic rings. The minimum absolute atomic E-state index is 0.0485. The largest absolute Gasteiger partial charge is 0.452 e. The first-order valence-corrected chi connectivity index (χ1v) is 11.3. The first kappa shape index (κ1) is 22.5. The van der Waals surface area contributed by atoms with Crippen LogP contribution in [0.5, 0.6) is 0 Å². The lowest BCUT2D eigenvalue weighted by Gasteiger charge is -2.15. The SMILES string of the molecule is O=C(COC(=O)c1cccc(NC(=O)C2CC2)c1)Nc1ccccc1C(=O)NC1CCCC1. The van der Waals surface area contributed by atoms with Crippen LogP contribution in [-0.4, -0.2) is 36.3 Å². The Balaban J connectivity index is 1.31. The number of para-hydroxylation sites is 1. The summed E-state index contributed by atoms with van der Waals surface area (Å²) < 4.78 is 5.13. The summed E-state index contributed by atoms with van der Waals surface area (Å²) >= 11 is 0. The number of carbonyl (C=O) groups excluding carboxylic acids is 4. The van der Waals surface area contributed by atoms with Gasteiger partial charge in [-0.25, -0.2) is 4.79 Å². The highest BCUT2D eigenvalue weighted by molar-refractivity contribution is 6.04. The number of nitrogens with one attached hydrogen (secondary N) is 3. The van der Waals surface area contributed by atoms with Crippen molar-refractivity contribution in [1.29, 1.82) is 0 Å². The van der Waals surface area contributed by atoms with Gasteiger partial charge >= 0.3 is 5.97 Å². The number of hydrogen-bond donors (Lipinski definition) is 3. The molecule has 3 N–H and O–H groups in total. The van der Waals surface area contributed by atoms with E-state index in [2.05, 4.69) is 16.0 Å². The predicted octanol–water partition coefficient (Wildman–Crippen LogP) is 3.50. The van der Waals surface area contributed by atoms with Gasteiger partial charge in [-0.15, -0.1) is 0 Å². The molecule has 2 fully saturated rings. The molecular formula is C25H27N3O5. The zero-order valence-electron chi connectivity index (χ0n) is 18.3. The van der Waals surface area contributed by atoms with Gasteiger partial charge in [-0.2, -0.15) is 0 Å². The molecule has 2 aliphatic rings. The van der Waals surface area contributed by atoms with Crippen LogP contribution in [0.25, 0.3) is 0 Å². The van der Waals surface area contributed by atoms with Crippen molar-refractivity contribution in [3.8, 4) is 0 Å². The molecule has 8 nitrogen and oxygen atoms in total. The van der Waals surface area contributed by atoms with Crippen molar-refractivity contribution in [2.24, 2.45) is 5.92 Å². The molecule has 0 saturated heterocycles. The van der Waals surface area contributed by atoms with Crippen LogP contribution in [0.15, 0.2) is 48.5 Å². The number of anilines is 2. The van der Waals surface area contributed by atoms with E-state index < -0.39 is 18.5 Å². The van der Waals surface area contributed by atoms with E-state index in [1.54, 1.807) is 42.5 Å². The van der Waals surface area contributed by atoms with Gasteiger partial charge in [0.15, 0.2) is 6.61 Å².